The van der Waals surface area contributed by atoms with Crippen molar-refractivity contribution in [3.05, 3.63) is 133 Å². The van der Waals surface area contributed by atoms with E-state index < -0.39 is 11.6 Å². The van der Waals surface area contributed by atoms with Crippen LogP contribution < -0.4 is 10.1 Å². The predicted octanol–water partition coefficient (Wildman–Crippen LogP) is 7.48. The average Bonchev–Trinajstić information content (AvgIpc) is 3.40. The monoisotopic (exact) mass is 724 g/mol. The zero-order valence-electron chi connectivity index (χ0n) is 23.3. The number of nitrogens with zero attached hydrogens (tertiary/aromatic N) is 1. The number of hydrogen-bond donors (Lipinski definition) is 2. The number of aliphatic imine (C=N–C) groups is 1. The van der Waals surface area contributed by atoms with Crippen LogP contribution in [0.25, 0.3) is 0 Å². The van der Waals surface area contributed by atoms with E-state index in [2.05, 4.69) is 37.2 Å². The molecule has 0 aromatic heterocycles. The van der Waals surface area contributed by atoms with Crippen LogP contribution in [0.2, 0.25) is 5.02 Å². The number of benzene rings is 4. The van der Waals surface area contributed by atoms with E-state index in [9.17, 15) is 4.79 Å². The maximum Gasteiger partial charge on any atom is 0.252 e. The Hall–Kier alpha value is -3.17. The van der Waals surface area contributed by atoms with Gasteiger partial charge in [-0.15, -0.1) is 0 Å². The minimum Gasteiger partial charge on any atom is -0.494 e. The number of ether oxygens (including phenoxy) is 2. The summed E-state index contributed by atoms with van der Waals surface area (Å²) in [6.45, 7) is 0.869. The zero-order chi connectivity index (χ0) is 30.2. The highest BCUT2D eigenvalue weighted by Crippen LogP contribution is 2.45. The third kappa shape index (κ3) is 7.32. The molecule has 1 aliphatic rings. The molecule has 0 saturated carbocycles. The quantitative estimate of drug-likeness (QED) is 0.149. The first kappa shape index (κ1) is 31.3. The highest BCUT2D eigenvalue weighted by atomic mass is 79.9. The van der Waals surface area contributed by atoms with Gasteiger partial charge in [0.1, 0.15) is 5.75 Å². The third-order valence-corrected chi connectivity index (χ3v) is 9.14. The summed E-state index contributed by atoms with van der Waals surface area (Å²) in [7, 11) is 0. The minimum absolute atomic E-state index is 0.0687. The lowest BCUT2D eigenvalue weighted by molar-refractivity contribution is -0.128. The van der Waals surface area contributed by atoms with Crippen molar-refractivity contribution in [3.8, 4) is 5.75 Å². The second-order valence-electron chi connectivity index (χ2n) is 10.2. The highest BCUT2D eigenvalue weighted by molar-refractivity contribution is 9.10. The van der Waals surface area contributed by atoms with Crippen molar-refractivity contribution in [2.24, 2.45) is 4.99 Å². The van der Waals surface area contributed by atoms with Crippen LogP contribution in [0.5, 0.6) is 5.75 Å². The summed E-state index contributed by atoms with van der Waals surface area (Å²) in [6, 6.07) is 30.6. The van der Waals surface area contributed by atoms with Crippen molar-refractivity contribution in [3.63, 3.8) is 0 Å². The molecule has 0 aliphatic carbocycles. The molecule has 2 N–H and O–H groups in total. The number of aliphatic hydroxyl groups is 1. The Kier molecular flexibility index (Phi) is 10.6. The lowest BCUT2D eigenvalue weighted by Crippen LogP contribution is -2.50. The molecule has 5 rings (SSSR count). The van der Waals surface area contributed by atoms with E-state index >= 15 is 0 Å². The number of nitrogens with one attached hydrogen (secondary N) is 1. The molecule has 4 aromatic rings. The summed E-state index contributed by atoms with van der Waals surface area (Å²) in [6.07, 6.45) is 0.704. The van der Waals surface area contributed by atoms with Crippen molar-refractivity contribution in [2.75, 3.05) is 19.8 Å². The fourth-order valence-corrected chi connectivity index (χ4v) is 6.19. The number of hydrogen-bond acceptors (Lipinski definition) is 5. The molecular weight excluding hydrogens is 696 g/mol. The Morgan fingerprint density at radius 1 is 0.930 bits per heavy atom. The highest BCUT2D eigenvalue weighted by Gasteiger charge is 2.54. The predicted molar refractivity (Wildman–Crippen MR) is 177 cm³/mol. The molecule has 0 radical (unpaired) electrons. The fourth-order valence-electron chi connectivity index (χ4n) is 5.04. The average molecular weight is 727 g/mol. The largest absolute Gasteiger partial charge is 0.494 e. The number of carbonyl (C=O) groups excluding carboxylic acids is 1. The van der Waals surface area contributed by atoms with Gasteiger partial charge in [-0.2, -0.15) is 0 Å². The lowest BCUT2D eigenvalue weighted by atomic mass is 9.82. The topological polar surface area (TPSA) is 80.2 Å². The maximum atomic E-state index is 14.4. The van der Waals surface area contributed by atoms with E-state index in [4.69, 9.17) is 31.2 Å². The summed E-state index contributed by atoms with van der Waals surface area (Å²) in [5.74, 6) is 0.806. The molecule has 2 atom stereocenters. The van der Waals surface area contributed by atoms with Crippen LogP contribution in [-0.2, 0) is 22.4 Å². The summed E-state index contributed by atoms with van der Waals surface area (Å²) >= 11 is 13.8. The standard InChI is InChI=1S/C34H31Br2ClN2O4/c35-28-11-4-1-9-25(28)22-34(33(41)38-19-18-23-8-2-6-13-30(23)37)31(27-10-3-5-12-29(27)36)43-32(39-34)24-14-16-26(17-15-24)42-21-7-20-40/h1-6,8-17,31,40H,7,18-22H2,(H,38,41)/t31-,34-/m1/s1. The number of halogens is 3. The molecule has 0 spiro atoms. The second-order valence-corrected chi connectivity index (χ2v) is 12.3. The van der Waals surface area contributed by atoms with Gasteiger partial charge in [0.2, 0.25) is 5.90 Å². The normalized spacial score (nSPS) is 17.7. The van der Waals surface area contributed by atoms with Crippen molar-refractivity contribution in [1.82, 2.24) is 5.32 Å². The molecule has 0 unspecified atom stereocenters. The summed E-state index contributed by atoms with van der Waals surface area (Å²) in [5.41, 5.74) is 2.12. The van der Waals surface area contributed by atoms with Crippen LogP contribution in [0.15, 0.2) is 111 Å². The van der Waals surface area contributed by atoms with E-state index in [1.165, 1.54) is 0 Å². The molecule has 9 heteroatoms. The lowest BCUT2D eigenvalue weighted by Gasteiger charge is -2.31. The van der Waals surface area contributed by atoms with E-state index in [1.54, 1.807) is 0 Å². The molecule has 1 heterocycles. The van der Waals surface area contributed by atoms with Crippen molar-refractivity contribution >= 4 is 55.3 Å². The molecule has 0 bridgehead atoms. The summed E-state index contributed by atoms with van der Waals surface area (Å²) in [4.78, 5) is 19.5. The van der Waals surface area contributed by atoms with E-state index in [1.807, 2.05) is 97.1 Å². The van der Waals surface area contributed by atoms with Gasteiger partial charge in [-0.25, -0.2) is 4.99 Å². The Morgan fingerprint density at radius 3 is 2.30 bits per heavy atom. The number of amides is 1. The number of carbonyl (C=O) groups is 1. The van der Waals surface area contributed by atoms with Gasteiger partial charge < -0.3 is 19.9 Å². The van der Waals surface area contributed by atoms with Gasteiger partial charge in [0, 0.05) is 51.1 Å². The first-order chi connectivity index (χ1) is 20.9. The Bertz CT molecular complexity index is 1600. The SMILES string of the molecule is O=C(NCCc1ccccc1Cl)[C@]1(Cc2ccccc2Br)N=C(c2ccc(OCCCO)cc2)O[C@@H]1c1ccccc1Br. The van der Waals surface area contributed by atoms with Gasteiger partial charge in [0.05, 0.1) is 6.61 Å². The van der Waals surface area contributed by atoms with Crippen LogP contribution in [-0.4, -0.2) is 42.2 Å². The number of aliphatic hydroxyl groups excluding tert-OH is 1. The molecule has 6 nitrogen and oxygen atoms in total. The van der Waals surface area contributed by atoms with Gasteiger partial charge in [0.15, 0.2) is 11.6 Å². The zero-order valence-corrected chi connectivity index (χ0v) is 27.2. The fraction of sp³-hybridized carbons (Fsp3) is 0.235. The van der Waals surface area contributed by atoms with Gasteiger partial charge in [-0.05, 0) is 60.0 Å². The van der Waals surface area contributed by atoms with Crippen molar-refractivity contribution in [2.45, 2.75) is 30.9 Å². The molecule has 1 aliphatic heterocycles. The molecule has 4 aromatic carbocycles. The van der Waals surface area contributed by atoms with Crippen LogP contribution >= 0.6 is 43.5 Å². The van der Waals surface area contributed by atoms with Gasteiger partial charge >= 0.3 is 0 Å². The second kappa shape index (κ2) is 14.5. The van der Waals surface area contributed by atoms with E-state index in [0.29, 0.717) is 49.1 Å². The molecular formula is C34H31Br2ClN2O4. The van der Waals surface area contributed by atoms with Gasteiger partial charge in [-0.3, -0.25) is 4.79 Å². The molecule has 0 fully saturated rings. The van der Waals surface area contributed by atoms with E-state index in [0.717, 1.165) is 31.2 Å². The minimum atomic E-state index is -1.32. The molecule has 0 saturated heterocycles. The smallest absolute Gasteiger partial charge is 0.252 e. The molecule has 1 amide bonds. The maximum absolute atomic E-state index is 14.4. The van der Waals surface area contributed by atoms with Gasteiger partial charge in [-0.1, -0.05) is 98.1 Å². The van der Waals surface area contributed by atoms with Crippen LogP contribution in [0.1, 0.15) is 34.8 Å². The van der Waals surface area contributed by atoms with Crippen LogP contribution in [0.3, 0.4) is 0 Å². The molecule has 222 valence electrons. The van der Waals surface area contributed by atoms with Crippen molar-refractivity contribution in [1.29, 1.82) is 0 Å². The summed E-state index contributed by atoms with van der Waals surface area (Å²) in [5, 5.41) is 12.9. The van der Waals surface area contributed by atoms with Crippen LogP contribution in [0.4, 0.5) is 0 Å². The first-order valence-electron chi connectivity index (χ1n) is 14.0. The first-order valence-corrected chi connectivity index (χ1v) is 16.0. The van der Waals surface area contributed by atoms with Crippen LogP contribution in [0, 0.1) is 0 Å². The Labute approximate surface area is 273 Å². The number of rotatable bonds is 12. The molecule has 43 heavy (non-hydrogen) atoms. The third-order valence-electron chi connectivity index (χ3n) is 7.27. The van der Waals surface area contributed by atoms with Crippen molar-refractivity contribution < 1.29 is 19.4 Å². The summed E-state index contributed by atoms with van der Waals surface area (Å²) < 4.78 is 14.0. The Balaban J connectivity index is 1.54. The van der Waals surface area contributed by atoms with E-state index in [-0.39, 0.29) is 12.5 Å². The Morgan fingerprint density at radius 2 is 1.60 bits per heavy atom. The van der Waals surface area contributed by atoms with Gasteiger partial charge in [0.25, 0.3) is 5.91 Å².